The van der Waals surface area contributed by atoms with Crippen molar-refractivity contribution >= 4 is 17.7 Å². The summed E-state index contributed by atoms with van der Waals surface area (Å²) in [6, 6.07) is 15.0. The van der Waals surface area contributed by atoms with Crippen LogP contribution in [0.4, 0.5) is 5.69 Å². The molecule has 0 radical (unpaired) electrons. The van der Waals surface area contributed by atoms with Crippen molar-refractivity contribution in [3.05, 3.63) is 128 Å². The first-order valence-corrected chi connectivity index (χ1v) is 12.7. The van der Waals surface area contributed by atoms with Gasteiger partial charge in [0.2, 0.25) is 0 Å². The number of nitrogens with zero attached hydrogens (tertiary/aromatic N) is 5. The predicted octanol–water partition coefficient (Wildman–Crippen LogP) is 3.32. The Morgan fingerprint density at radius 1 is 1.22 bits per heavy atom. The molecule has 1 atom stereocenters. The smallest absolute Gasteiger partial charge is 0.338 e. The highest BCUT2D eigenvalue weighted by Crippen LogP contribution is 2.34. The summed E-state index contributed by atoms with van der Waals surface area (Å²) < 4.78 is 14.0. The molecule has 2 aliphatic rings. The number of benzene rings is 2. The molecule has 0 amide bonds. The van der Waals surface area contributed by atoms with Crippen LogP contribution in [0.5, 0.6) is 0 Å². The highest BCUT2D eigenvalue weighted by Gasteiger charge is 2.35. The molecule has 3 heterocycles. The van der Waals surface area contributed by atoms with Crippen LogP contribution in [0, 0.1) is 5.21 Å². The van der Waals surface area contributed by atoms with Crippen molar-refractivity contribution in [2.75, 3.05) is 12.3 Å². The van der Waals surface area contributed by atoms with E-state index in [1.165, 1.54) is 23.8 Å². The summed E-state index contributed by atoms with van der Waals surface area (Å²) in [4.78, 5) is 31.1. The molecule has 1 aliphatic carbocycles. The zero-order chi connectivity index (χ0) is 28.7. The summed E-state index contributed by atoms with van der Waals surface area (Å²) in [6.07, 6.45) is 9.53. The van der Waals surface area contributed by atoms with Gasteiger partial charge in [0.1, 0.15) is 5.69 Å². The lowest BCUT2D eigenvalue weighted by Gasteiger charge is -2.24. The van der Waals surface area contributed by atoms with E-state index in [4.69, 9.17) is 14.3 Å². The van der Waals surface area contributed by atoms with Crippen molar-refractivity contribution in [3.8, 4) is 16.9 Å². The van der Waals surface area contributed by atoms with Crippen LogP contribution in [0.3, 0.4) is 0 Å². The zero-order valence-electron chi connectivity index (χ0n) is 22.1. The van der Waals surface area contributed by atoms with Gasteiger partial charge in [-0.3, -0.25) is 10.0 Å². The standard InChI is InChI=1S/C30H24N5O6/c1-18-25(29(37)40-2)27(19-9-6-7-10-19)34-28(36)24(41-30(34)31-18)16-21-17-33(22-12-4-3-5-13-22)32-26(21)20-11-8-14-23(15-20)35(38)39/h3-9,11-17,27,38H,10H2,1-2H3/q-1/b24-16-. The number of hydrogen-bond acceptors (Lipinski definition) is 9. The molecule has 4 aromatic rings. The highest BCUT2D eigenvalue weighted by molar-refractivity contribution is 5.91. The summed E-state index contributed by atoms with van der Waals surface area (Å²) in [7, 11) is 1.29. The number of esters is 1. The molecule has 2 aromatic heterocycles. The second-order valence-corrected chi connectivity index (χ2v) is 9.48. The summed E-state index contributed by atoms with van der Waals surface area (Å²) in [5.74, 6) is -0.573. The van der Waals surface area contributed by atoms with E-state index < -0.39 is 17.6 Å². The Bertz CT molecular complexity index is 1940. The lowest BCUT2D eigenvalue weighted by molar-refractivity contribution is -0.136. The quantitative estimate of drug-likeness (QED) is 0.285. The lowest BCUT2D eigenvalue weighted by Crippen LogP contribution is -2.40. The summed E-state index contributed by atoms with van der Waals surface area (Å²) in [5.41, 5.74) is 3.34. The number of rotatable bonds is 6. The van der Waals surface area contributed by atoms with Gasteiger partial charge in [0.25, 0.3) is 5.56 Å². The molecule has 0 bridgehead atoms. The number of ether oxygens (including phenoxy) is 1. The van der Waals surface area contributed by atoms with E-state index in [0.29, 0.717) is 28.9 Å². The number of anilines is 1. The zero-order valence-corrected chi connectivity index (χ0v) is 22.1. The van der Waals surface area contributed by atoms with E-state index >= 15 is 0 Å². The Morgan fingerprint density at radius 2 is 2.02 bits per heavy atom. The number of allylic oxidation sites excluding steroid dienone is 5. The number of carbonyl (C=O) groups excluding carboxylic acids is 1. The average Bonchev–Trinajstić information content (AvgIpc) is 3.73. The first-order valence-electron chi connectivity index (χ1n) is 12.7. The molecule has 2 aromatic carbocycles. The fraction of sp³-hybridized carbons (Fsp3) is 0.133. The third-order valence-electron chi connectivity index (χ3n) is 6.97. The van der Waals surface area contributed by atoms with Gasteiger partial charge in [-0.1, -0.05) is 48.6 Å². The number of para-hydroxylation sites is 1. The fourth-order valence-corrected chi connectivity index (χ4v) is 5.05. The molecule has 1 aliphatic heterocycles. The number of oxazole rings is 1. The van der Waals surface area contributed by atoms with Crippen molar-refractivity contribution in [1.82, 2.24) is 14.3 Å². The first kappa shape index (κ1) is 26.0. The molecule has 11 heteroatoms. The molecule has 41 heavy (non-hydrogen) atoms. The SMILES string of the molecule is COC(=O)C1=C(C)N=c2o/c(=C\c3cn(-c4ccccc4)nc3-c3cccc(N([O-])O)c3)c(=O)n2C1C1=CC=CC1. The number of fused-ring (bicyclic) bond motifs is 1. The average molecular weight is 551 g/mol. The summed E-state index contributed by atoms with van der Waals surface area (Å²) in [6.45, 7) is 1.68. The molecule has 0 saturated heterocycles. The van der Waals surface area contributed by atoms with E-state index in [2.05, 4.69) is 4.99 Å². The van der Waals surface area contributed by atoms with E-state index in [-0.39, 0.29) is 27.6 Å². The van der Waals surface area contributed by atoms with E-state index in [9.17, 15) is 20.0 Å². The van der Waals surface area contributed by atoms with Gasteiger partial charge in [-0.25, -0.2) is 19.0 Å². The van der Waals surface area contributed by atoms with Gasteiger partial charge in [0.05, 0.1) is 35.8 Å². The van der Waals surface area contributed by atoms with Crippen molar-refractivity contribution in [2.45, 2.75) is 19.4 Å². The third kappa shape index (κ3) is 4.62. The highest BCUT2D eigenvalue weighted by atomic mass is 16.8. The minimum Gasteiger partial charge on any atom is -0.733 e. The Hall–Kier alpha value is -5.26. The van der Waals surface area contributed by atoms with Crippen molar-refractivity contribution < 1.29 is 19.2 Å². The van der Waals surface area contributed by atoms with Crippen LogP contribution in [0.1, 0.15) is 24.9 Å². The van der Waals surface area contributed by atoms with Gasteiger partial charge >= 0.3 is 11.7 Å². The Morgan fingerprint density at radius 3 is 2.73 bits per heavy atom. The maximum atomic E-state index is 13.9. The Balaban J connectivity index is 1.55. The maximum Gasteiger partial charge on any atom is 0.338 e. The van der Waals surface area contributed by atoms with Crippen molar-refractivity contribution in [1.29, 1.82) is 0 Å². The predicted molar refractivity (Wildman–Crippen MR) is 150 cm³/mol. The van der Waals surface area contributed by atoms with Crippen LogP contribution in [-0.2, 0) is 9.53 Å². The molecule has 206 valence electrons. The minimum atomic E-state index is -0.737. The van der Waals surface area contributed by atoms with Gasteiger partial charge in [-0.15, -0.1) is 0 Å². The largest absolute Gasteiger partial charge is 0.733 e. The molecule has 1 N–H and O–H groups in total. The molecule has 11 nitrogen and oxygen atoms in total. The first-order chi connectivity index (χ1) is 19.9. The number of methoxy groups -OCH3 is 1. The number of carbonyl (C=O) groups is 1. The van der Waals surface area contributed by atoms with Crippen LogP contribution in [0.15, 0.2) is 110 Å². The number of hydrogen-bond donors (Lipinski definition) is 1. The number of aromatic nitrogens is 3. The van der Waals surface area contributed by atoms with Crippen molar-refractivity contribution in [2.24, 2.45) is 4.99 Å². The second kappa shape index (κ2) is 10.4. The molecular weight excluding hydrogens is 526 g/mol. The van der Waals surface area contributed by atoms with E-state index in [1.807, 2.05) is 48.6 Å². The van der Waals surface area contributed by atoms with Crippen LogP contribution < -0.4 is 21.9 Å². The normalized spacial score (nSPS) is 16.4. The van der Waals surface area contributed by atoms with Gasteiger partial charge in [-0.05, 0) is 49.3 Å². The van der Waals surface area contributed by atoms with E-state index in [0.717, 1.165) is 11.3 Å². The molecule has 0 spiro atoms. The molecule has 1 unspecified atom stereocenters. The molecule has 0 fully saturated rings. The maximum absolute atomic E-state index is 13.9. The summed E-state index contributed by atoms with van der Waals surface area (Å²) in [5, 5.41) is 25.5. The van der Waals surface area contributed by atoms with Gasteiger partial charge in [0, 0.05) is 17.3 Å². The summed E-state index contributed by atoms with van der Waals surface area (Å²) >= 11 is 0. The van der Waals surface area contributed by atoms with Crippen molar-refractivity contribution in [3.63, 3.8) is 0 Å². The van der Waals surface area contributed by atoms with Gasteiger partial charge < -0.3 is 19.6 Å². The molecule has 6 rings (SSSR count). The Labute approximate surface area is 233 Å². The topological polar surface area (TPSA) is 138 Å². The Kier molecular flexibility index (Phi) is 6.58. The van der Waals surface area contributed by atoms with Crippen LogP contribution >= 0.6 is 0 Å². The van der Waals surface area contributed by atoms with Crippen LogP contribution in [0.2, 0.25) is 0 Å². The fourth-order valence-electron chi connectivity index (χ4n) is 5.05. The van der Waals surface area contributed by atoms with Gasteiger partial charge in [-0.2, -0.15) is 5.10 Å². The minimum absolute atomic E-state index is 0.0168. The van der Waals surface area contributed by atoms with Crippen LogP contribution in [-0.4, -0.2) is 32.6 Å². The van der Waals surface area contributed by atoms with Gasteiger partial charge in [0.15, 0.2) is 5.42 Å². The second-order valence-electron chi connectivity index (χ2n) is 9.48. The third-order valence-corrected chi connectivity index (χ3v) is 6.97. The van der Waals surface area contributed by atoms with Crippen LogP contribution in [0.25, 0.3) is 23.0 Å². The lowest BCUT2D eigenvalue weighted by atomic mass is 9.95. The van der Waals surface area contributed by atoms with E-state index in [1.54, 1.807) is 36.0 Å². The molecule has 0 saturated carbocycles. The monoisotopic (exact) mass is 550 g/mol. The molecular formula is C30H24N5O6-.